The summed E-state index contributed by atoms with van der Waals surface area (Å²) in [6, 6.07) is 6.85. The van der Waals surface area contributed by atoms with Crippen LogP contribution in [0.4, 0.5) is 4.39 Å². The van der Waals surface area contributed by atoms with Gasteiger partial charge in [0.2, 0.25) is 10.0 Å². The van der Waals surface area contributed by atoms with Crippen LogP contribution >= 0.6 is 0 Å². The highest BCUT2D eigenvalue weighted by molar-refractivity contribution is 7.89. The summed E-state index contributed by atoms with van der Waals surface area (Å²) < 4.78 is 46.8. The van der Waals surface area contributed by atoms with Gasteiger partial charge in [-0.2, -0.15) is 4.31 Å². The lowest BCUT2D eigenvalue weighted by atomic mass is 10.2. The fourth-order valence-electron chi connectivity index (χ4n) is 2.60. The molecule has 0 saturated carbocycles. The first kappa shape index (κ1) is 17.6. The van der Waals surface area contributed by atoms with Crippen LogP contribution in [0.25, 0.3) is 0 Å². The molecule has 0 N–H and O–H groups in total. The average Bonchev–Trinajstić information content (AvgIpc) is 2.50. The van der Waals surface area contributed by atoms with E-state index in [9.17, 15) is 17.6 Å². The molecule has 1 saturated heterocycles. The largest absolute Gasteiger partial charge is 0.487 e. The molecule has 8 heteroatoms. The fourth-order valence-corrected chi connectivity index (χ4v) is 4.18. The molecule has 1 aliphatic heterocycles. The Morgan fingerprint density at radius 3 is 2.44 bits per heavy atom. The Kier molecular flexibility index (Phi) is 4.42. The number of hydrogen-bond donors (Lipinski definition) is 0. The zero-order valence-corrected chi connectivity index (χ0v) is 15.0. The Balaban J connectivity index is 1.69. The van der Waals surface area contributed by atoms with Gasteiger partial charge in [0, 0.05) is 18.8 Å². The van der Waals surface area contributed by atoms with E-state index >= 15 is 0 Å². The molecule has 2 aromatic rings. The van der Waals surface area contributed by atoms with Gasteiger partial charge in [0.15, 0.2) is 0 Å². The third-order valence-electron chi connectivity index (χ3n) is 4.36. The molecule has 1 aliphatic rings. The van der Waals surface area contributed by atoms with Crippen molar-refractivity contribution in [2.24, 2.45) is 7.05 Å². The van der Waals surface area contributed by atoms with Crippen molar-refractivity contribution in [3.8, 4) is 5.75 Å². The van der Waals surface area contributed by atoms with Crippen LogP contribution in [0.1, 0.15) is 11.3 Å². The molecule has 6 nitrogen and oxygen atoms in total. The molecule has 0 bridgehead atoms. The monoisotopic (exact) mass is 366 g/mol. The summed E-state index contributed by atoms with van der Waals surface area (Å²) in [5, 5.41) is 0. The van der Waals surface area contributed by atoms with Gasteiger partial charge in [-0.1, -0.05) is 0 Å². The highest BCUT2D eigenvalue weighted by Crippen LogP contribution is 2.25. The summed E-state index contributed by atoms with van der Waals surface area (Å²) in [5.41, 5.74) is 0.860. The number of benzene rings is 1. The van der Waals surface area contributed by atoms with Gasteiger partial charge in [0.25, 0.3) is 5.56 Å². The molecule has 134 valence electrons. The molecular weight excluding hydrogens is 347 g/mol. The molecule has 0 amide bonds. The van der Waals surface area contributed by atoms with E-state index in [2.05, 4.69) is 0 Å². The maximum Gasteiger partial charge on any atom is 0.254 e. The Labute approximate surface area is 145 Å². The average molecular weight is 366 g/mol. The van der Waals surface area contributed by atoms with Crippen molar-refractivity contribution in [1.29, 1.82) is 0 Å². The van der Waals surface area contributed by atoms with Crippen LogP contribution in [0, 0.1) is 19.7 Å². The number of sulfonamides is 1. The molecular formula is C17H19FN2O4S. The number of pyridine rings is 1. The number of aryl methyl sites for hydroxylation is 2. The van der Waals surface area contributed by atoms with Gasteiger partial charge in [-0.05, 0) is 43.7 Å². The third-order valence-corrected chi connectivity index (χ3v) is 6.19. The zero-order chi connectivity index (χ0) is 18.4. The molecule has 0 aliphatic carbocycles. The van der Waals surface area contributed by atoms with Crippen molar-refractivity contribution in [2.75, 3.05) is 13.1 Å². The number of aromatic nitrogens is 1. The predicted molar refractivity (Wildman–Crippen MR) is 90.7 cm³/mol. The van der Waals surface area contributed by atoms with E-state index in [1.807, 2.05) is 0 Å². The maximum atomic E-state index is 13.3. The summed E-state index contributed by atoms with van der Waals surface area (Å²) in [5.74, 6) is -0.00919. The van der Waals surface area contributed by atoms with E-state index < -0.39 is 15.8 Å². The van der Waals surface area contributed by atoms with Crippen LogP contribution in [0.15, 0.2) is 40.0 Å². The summed E-state index contributed by atoms with van der Waals surface area (Å²) in [6.07, 6.45) is -0.317. The number of ether oxygens (including phenoxy) is 1. The molecule has 2 heterocycles. The van der Waals surface area contributed by atoms with Crippen molar-refractivity contribution in [3.05, 3.63) is 57.8 Å². The lowest BCUT2D eigenvalue weighted by Gasteiger charge is -2.37. The van der Waals surface area contributed by atoms with Gasteiger partial charge < -0.3 is 9.30 Å². The number of nitrogens with zero attached hydrogens (tertiary/aromatic N) is 2. The van der Waals surface area contributed by atoms with E-state index in [1.165, 1.54) is 34.0 Å². The number of rotatable bonds is 4. The maximum absolute atomic E-state index is 13.3. The molecule has 0 spiro atoms. The van der Waals surface area contributed by atoms with Gasteiger partial charge >= 0.3 is 0 Å². The molecule has 25 heavy (non-hydrogen) atoms. The van der Waals surface area contributed by atoms with Crippen molar-refractivity contribution >= 4 is 10.0 Å². The highest BCUT2D eigenvalue weighted by Gasteiger charge is 2.38. The first-order valence-corrected chi connectivity index (χ1v) is 9.23. The predicted octanol–water partition coefficient (Wildman–Crippen LogP) is 1.59. The van der Waals surface area contributed by atoms with Crippen molar-refractivity contribution < 1.29 is 17.5 Å². The summed E-state index contributed by atoms with van der Waals surface area (Å²) >= 11 is 0. The smallest absolute Gasteiger partial charge is 0.254 e. The number of halogens is 1. The van der Waals surface area contributed by atoms with Gasteiger partial charge in [-0.15, -0.1) is 0 Å². The molecule has 3 rings (SSSR count). The SMILES string of the molecule is Cc1cc(S(=O)(=O)N2CC(Oc3cc(C)n(C)c(=O)c3)C2)ccc1F. The summed E-state index contributed by atoms with van der Waals surface area (Å²) in [7, 11) is -2.00. The second-order valence-corrected chi connectivity index (χ2v) is 8.14. The fraction of sp³-hybridized carbons (Fsp3) is 0.353. The molecule has 1 fully saturated rings. The quantitative estimate of drug-likeness (QED) is 0.824. The standard InChI is InChI=1S/C17H19FN2O4S/c1-11-6-15(4-5-16(11)18)25(22,23)20-9-14(10-20)24-13-7-12(2)19(3)17(21)8-13/h4-8,14H,9-10H2,1-3H3. The van der Waals surface area contributed by atoms with E-state index in [0.29, 0.717) is 5.75 Å². The second kappa shape index (κ2) is 6.27. The lowest BCUT2D eigenvalue weighted by Crippen LogP contribution is -2.56. The van der Waals surface area contributed by atoms with Crippen LogP contribution in [-0.2, 0) is 17.1 Å². The summed E-state index contributed by atoms with van der Waals surface area (Å²) in [6.45, 7) is 3.69. The van der Waals surface area contributed by atoms with Crippen LogP contribution < -0.4 is 10.3 Å². The van der Waals surface area contributed by atoms with Crippen LogP contribution in [0.3, 0.4) is 0 Å². The second-order valence-electron chi connectivity index (χ2n) is 6.20. The van der Waals surface area contributed by atoms with Crippen molar-refractivity contribution in [2.45, 2.75) is 24.8 Å². The minimum absolute atomic E-state index is 0.0641. The van der Waals surface area contributed by atoms with Crippen LogP contribution in [0.5, 0.6) is 5.75 Å². The topological polar surface area (TPSA) is 68.6 Å². The van der Waals surface area contributed by atoms with Gasteiger partial charge in [0.05, 0.1) is 18.0 Å². The Morgan fingerprint density at radius 2 is 1.84 bits per heavy atom. The normalized spacial score (nSPS) is 15.8. The molecule has 0 radical (unpaired) electrons. The van der Waals surface area contributed by atoms with Crippen LogP contribution in [0.2, 0.25) is 0 Å². The highest BCUT2D eigenvalue weighted by atomic mass is 32.2. The van der Waals surface area contributed by atoms with Gasteiger partial charge in [0.1, 0.15) is 17.7 Å². The van der Waals surface area contributed by atoms with Crippen LogP contribution in [-0.4, -0.2) is 36.5 Å². The molecule has 0 unspecified atom stereocenters. The number of hydrogen-bond acceptors (Lipinski definition) is 4. The van der Waals surface area contributed by atoms with E-state index in [1.54, 1.807) is 20.0 Å². The molecule has 0 atom stereocenters. The first-order chi connectivity index (χ1) is 11.7. The van der Waals surface area contributed by atoms with E-state index in [4.69, 9.17) is 4.74 Å². The third kappa shape index (κ3) is 3.32. The Bertz CT molecular complexity index is 979. The minimum Gasteiger partial charge on any atom is -0.487 e. The zero-order valence-electron chi connectivity index (χ0n) is 14.2. The minimum atomic E-state index is -3.67. The summed E-state index contributed by atoms with van der Waals surface area (Å²) in [4.78, 5) is 11.8. The Morgan fingerprint density at radius 1 is 1.16 bits per heavy atom. The lowest BCUT2D eigenvalue weighted by molar-refractivity contribution is 0.0759. The van der Waals surface area contributed by atoms with Crippen molar-refractivity contribution in [3.63, 3.8) is 0 Å². The van der Waals surface area contributed by atoms with E-state index in [-0.39, 0.29) is 35.2 Å². The molecule has 1 aromatic carbocycles. The van der Waals surface area contributed by atoms with E-state index in [0.717, 1.165) is 11.8 Å². The van der Waals surface area contributed by atoms with Gasteiger partial charge in [-0.25, -0.2) is 12.8 Å². The first-order valence-electron chi connectivity index (χ1n) is 7.79. The molecule has 1 aromatic heterocycles. The van der Waals surface area contributed by atoms with Crippen molar-refractivity contribution in [1.82, 2.24) is 8.87 Å². The Hall–Kier alpha value is -2.19. The van der Waals surface area contributed by atoms with Gasteiger partial charge in [-0.3, -0.25) is 4.79 Å².